The van der Waals surface area contributed by atoms with Crippen molar-refractivity contribution in [2.45, 2.75) is 61.4 Å². The molecule has 1 saturated heterocycles. The lowest BCUT2D eigenvalue weighted by atomic mass is 10.1. The van der Waals surface area contributed by atoms with Crippen LogP contribution in [0.4, 0.5) is 5.82 Å². The van der Waals surface area contributed by atoms with Gasteiger partial charge < -0.3 is 24.3 Å². The van der Waals surface area contributed by atoms with Crippen LogP contribution in [0, 0.1) is 0 Å². The molecule has 284 valence electrons. The zero-order valence-corrected chi connectivity index (χ0v) is 31.2. The molecule has 1 saturated carbocycles. The minimum atomic E-state index is -1.29. The molecule has 2 aliphatic rings. The predicted octanol–water partition coefficient (Wildman–Crippen LogP) is 6.90. The number of rotatable bonds is 14. The Bertz CT molecular complexity index is 2300. The van der Waals surface area contributed by atoms with Gasteiger partial charge in [-0.15, -0.1) is 5.10 Å². The third-order valence-electron chi connectivity index (χ3n) is 9.50. The fourth-order valence-corrected chi connectivity index (χ4v) is 7.29. The standard InChI is InChI=1S/C42H38N6O7S/c1-2-23-56-42-44-36(43-31-24-30(31)26-15-7-3-8-16-26)33-37(45-42)48(47-46-33)38-35(55-41(51)29-21-13-6-14-22-29)34(54-40(50)28-19-11-5-12-20-28)32(53-38)25-52-39(49)27-17-9-4-10-18-27/h3-22,30-32,34-35,38H,2,23-25H2,1H3,(H,43,44,45)/t30-,31+,32+,34+,35+,38+/m0/s1. The lowest BCUT2D eigenvalue weighted by Crippen LogP contribution is -2.41. The number of hydrogen-bond acceptors (Lipinski definition) is 13. The largest absolute Gasteiger partial charge is 0.459 e. The first-order valence-corrected chi connectivity index (χ1v) is 19.4. The van der Waals surface area contributed by atoms with E-state index in [1.54, 1.807) is 91.0 Å². The molecule has 6 aromatic rings. The van der Waals surface area contributed by atoms with E-state index in [2.05, 4.69) is 34.7 Å². The van der Waals surface area contributed by atoms with E-state index in [1.165, 1.54) is 22.0 Å². The molecule has 0 spiro atoms. The molecule has 1 aliphatic carbocycles. The Morgan fingerprint density at radius 1 is 0.768 bits per heavy atom. The Hall–Kier alpha value is -6.12. The van der Waals surface area contributed by atoms with Crippen LogP contribution in [0.3, 0.4) is 0 Å². The number of ether oxygens (including phenoxy) is 4. The third-order valence-corrected chi connectivity index (χ3v) is 10.6. The zero-order chi connectivity index (χ0) is 38.4. The Labute approximate surface area is 326 Å². The molecule has 2 aromatic heterocycles. The number of thioether (sulfide) groups is 1. The van der Waals surface area contributed by atoms with Crippen molar-refractivity contribution in [3.05, 3.63) is 144 Å². The fraction of sp³-hybridized carbons (Fsp3) is 0.262. The summed E-state index contributed by atoms with van der Waals surface area (Å²) in [5.41, 5.74) is 2.80. The summed E-state index contributed by atoms with van der Waals surface area (Å²) in [5.74, 6) is -0.390. The smallest absolute Gasteiger partial charge is 0.338 e. The van der Waals surface area contributed by atoms with E-state index in [1.807, 2.05) is 18.2 Å². The number of hydrogen-bond donors (Lipinski definition) is 1. The minimum Gasteiger partial charge on any atom is -0.459 e. The number of benzene rings is 4. The number of fused-ring (bicyclic) bond motifs is 1. The molecular weight excluding hydrogens is 733 g/mol. The average Bonchev–Trinajstić information content (AvgIpc) is 3.77. The molecule has 2 fully saturated rings. The second kappa shape index (κ2) is 16.7. The summed E-state index contributed by atoms with van der Waals surface area (Å²) in [7, 11) is 0. The number of anilines is 1. The number of aromatic nitrogens is 5. The summed E-state index contributed by atoms with van der Waals surface area (Å²) >= 11 is 1.49. The van der Waals surface area contributed by atoms with Crippen molar-refractivity contribution in [1.29, 1.82) is 0 Å². The van der Waals surface area contributed by atoms with E-state index in [9.17, 15) is 14.4 Å². The maximum absolute atomic E-state index is 13.8. The summed E-state index contributed by atoms with van der Waals surface area (Å²) < 4.78 is 26.0. The van der Waals surface area contributed by atoms with Gasteiger partial charge in [-0.2, -0.15) is 4.68 Å². The molecule has 4 aromatic carbocycles. The van der Waals surface area contributed by atoms with E-state index in [4.69, 9.17) is 28.9 Å². The normalized spacial score (nSPS) is 21.3. The highest BCUT2D eigenvalue weighted by Gasteiger charge is 2.52. The molecule has 1 aliphatic heterocycles. The summed E-state index contributed by atoms with van der Waals surface area (Å²) in [6.07, 6.45) is -3.04. The molecular formula is C42H38N6O7S. The average molecular weight is 771 g/mol. The number of carbonyl (C=O) groups is 3. The molecule has 13 nitrogen and oxygen atoms in total. The van der Waals surface area contributed by atoms with Crippen molar-refractivity contribution in [2.24, 2.45) is 0 Å². The molecule has 0 amide bonds. The zero-order valence-electron chi connectivity index (χ0n) is 30.3. The van der Waals surface area contributed by atoms with E-state index in [0.29, 0.717) is 33.6 Å². The first kappa shape index (κ1) is 36.8. The molecule has 0 unspecified atom stereocenters. The Balaban J connectivity index is 1.17. The second-order valence-corrected chi connectivity index (χ2v) is 14.5. The van der Waals surface area contributed by atoms with Gasteiger partial charge >= 0.3 is 17.9 Å². The highest BCUT2D eigenvalue weighted by atomic mass is 32.2. The van der Waals surface area contributed by atoms with Crippen LogP contribution >= 0.6 is 11.8 Å². The first-order chi connectivity index (χ1) is 27.5. The van der Waals surface area contributed by atoms with E-state index >= 15 is 0 Å². The molecule has 8 rings (SSSR count). The maximum atomic E-state index is 13.8. The minimum absolute atomic E-state index is 0.123. The Morgan fingerprint density at radius 2 is 1.34 bits per heavy atom. The highest BCUT2D eigenvalue weighted by molar-refractivity contribution is 7.99. The van der Waals surface area contributed by atoms with E-state index in [0.717, 1.165) is 18.6 Å². The maximum Gasteiger partial charge on any atom is 0.338 e. The van der Waals surface area contributed by atoms with Gasteiger partial charge in [0.15, 0.2) is 40.6 Å². The molecule has 0 radical (unpaired) electrons. The van der Waals surface area contributed by atoms with Crippen molar-refractivity contribution in [2.75, 3.05) is 17.7 Å². The predicted molar refractivity (Wildman–Crippen MR) is 207 cm³/mol. The van der Waals surface area contributed by atoms with Crippen molar-refractivity contribution in [3.8, 4) is 0 Å². The summed E-state index contributed by atoms with van der Waals surface area (Å²) in [6, 6.07) is 35.8. The van der Waals surface area contributed by atoms with Gasteiger partial charge in [-0.3, -0.25) is 0 Å². The van der Waals surface area contributed by atoms with Gasteiger partial charge in [0.05, 0.1) is 16.7 Å². The van der Waals surface area contributed by atoms with Crippen molar-refractivity contribution >= 4 is 46.7 Å². The lowest BCUT2D eigenvalue weighted by Gasteiger charge is -2.24. The molecule has 0 bridgehead atoms. The van der Waals surface area contributed by atoms with Gasteiger partial charge in [-0.05, 0) is 54.8 Å². The quantitative estimate of drug-likeness (QED) is 0.0529. The second-order valence-electron chi connectivity index (χ2n) is 13.4. The lowest BCUT2D eigenvalue weighted by molar-refractivity contribution is -0.0661. The summed E-state index contributed by atoms with van der Waals surface area (Å²) in [5, 5.41) is 13.1. The van der Waals surface area contributed by atoms with E-state index < -0.39 is 42.4 Å². The SMILES string of the molecule is CCCSc1nc(N[C@@H]2C[C@H]2c2ccccc2)c2nnn([C@@H]3O[C@H](COC(=O)c4ccccc4)[C@@H](OC(=O)c4ccccc4)[C@H]3OC(=O)c3ccccc3)c2n1. The van der Waals surface area contributed by atoms with Gasteiger partial charge in [-0.1, -0.05) is 109 Å². The van der Waals surface area contributed by atoms with Crippen LogP contribution in [-0.4, -0.2) is 79.6 Å². The van der Waals surface area contributed by atoms with Crippen LogP contribution < -0.4 is 5.32 Å². The summed E-state index contributed by atoms with van der Waals surface area (Å²) in [4.78, 5) is 50.2. The van der Waals surface area contributed by atoms with Crippen molar-refractivity contribution < 1.29 is 33.3 Å². The van der Waals surface area contributed by atoms with Crippen LogP contribution in [0.25, 0.3) is 11.2 Å². The van der Waals surface area contributed by atoms with Crippen LogP contribution in [0.1, 0.15) is 68.5 Å². The van der Waals surface area contributed by atoms with Crippen LogP contribution in [0.5, 0.6) is 0 Å². The number of carbonyl (C=O) groups excluding carboxylic acids is 3. The highest BCUT2D eigenvalue weighted by Crippen LogP contribution is 2.44. The Kier molecular flexibility index (Phi) is 11.0. The third kappa shape index (κ3) is 8.11. The van der Waals surface area contributed by atoms with E-state index in [-0.39, 0.29) is 23.8 Å². The van der Waals surface area contributed by atoms with Crippen LogP contribution in [-0.2, 0) is 18.9 Å². The van der Waals surface area contributed by atoms with Gasteiger partial charge in [0.2, 0.25) is 0 Å². The molecule has 6 atom stereocenters. The Morgan fingerprint density at radius 3 is 1.95 bits per heavy atom. The number of esters is 3. The fourth-order valence-electron chi connectivity index (χ4n) is 6.59. The van der Waals surface area contributed by atoms with Crippen LogP contribution in [0.2, 0.25) is 0 Å². The monoisotopic (exact) mass is 770 g/mol. The molecule has 14 heteroatoms. The van der Waals surface area contributed by atoms with Gasteiger partial charge in [0, 0.05) is 17.7 Å². The van der Waals surface area contributed by atoms with Crippen LogP contribution in [0.15, 0.2) is 126 Å². The van der Waals surface area contributed by atoms with Gasteiger partial charge in [-0.25, -0.2) is 24.4 Å². The molecule has 56 heavy (non-hydrogen) atoms. The summed E-state index contributed by atoms with van der Waals surface area (Å²) in [6.45, 7) is 1.73. The number of nitrogens with zero attached hydrogens (tertiary/aromatic N) is 5. The van der Waals surface area contributed by atoms with Gasteiger partial charge in [0.25, 0.3) is 0 Å². The molecule has 1 N–H and O–H groups in total. The van der Waals surface area contributed by atoms with Gasteiger partial charge in [0.1, 0.15) is 12.7 Å². The first-order valence-electron chi connectivity index (χ1n) is 18.4. The molecule has 3 heterocycles. The number of nitrogens with one attached hydrogen (secondary N) is 1. The van der Waals surface area contributed by atoms with Crippen molar-refractivity contribution in [3.63, 3.8) is 0 Å². The topological polar surface area (TPSA) is 157 Å². The van der Waals surface area contributed by atoms with Crippen molar-refractivity contribution in [1.82, 2.24) is 25.0 Å².